The summed E-state index contributed by atoms with van der Waals surface area (Å²) in [5, 5.41) is 5.26. The summed E-state index contributed by atoms with van der Waals surface area (Å²) in [7, 11) is 0. The lowest BCUT2D eigenvalue weighted by Gasteiger charge is -1.96. The fourth-order valence-corrected chi connectivity index (χ4v) is 1.40. The highest BCUT2D eigenvalue weighted by atomic mass is 32.2. The molecule has 0 atom stereocenters. The van der Waals surface area contributed by atoms with Crippen LogP contribution in [-0.4, -0.2) is 10.2 Å². The van der Waals surface area contributed by atoms with Gasteiger partial charge in [0, 0.05) is 6.26 Å². The topological polar surface area (TPSA) is 25.8 Å². The Balaban J connectivity index is 2.89. The van der Waals surface area contributed by atoms with Gasteiger partial charge in [0.05, 0.1) is 0 Å². The third-order valence-corrected chi connectivity index (χ3v) is 2.47. The maximum absolute atomic E-state index is 11.8. The lowest BCUT2D eigenvalue weighted by molar-refractivity contribution is -0.138. The van der Waals surface area contributed by atoms with Gasteiger partial charge in [-0.3, -0.25) is 0 Å². The molecule has 0 saturated heterocycles. The highest BCUT2D eigenvalue weighted by Crippen LogP contribution is 2.33. The zero-order valence-corrected chi connectivity index (χ0v) is 6.68. The molecule has 0 N–H and O–H groups in total. The van der Waals surface area contributed by atoms with E-state index in [0.717, 1.165) is 11.8 Å². The van der Waals surface area contributed by atoms with Crippen LogP contribution in [0, 0.1) is 6.26 Å². The second kappa shape index (κ2) is 2.98. The number of hydrogen-bond donors (Lipinski definition) is 0. The molecule has 0 bridgehead atoms. The van der Waals surface area contributed by atoms with Crippen LogP contribution in [0.5, 0.6) is 0 Å². The van der Waals surface area contributed by atoms with E-state index in [0.29, 0.717) is 11.3 Å². The minimum Gasteiger partial charge on any atom is -0.164 e. The molecule has 2 nitrogen and oxygen atoms in total. The van der Waals surface area contributed by atoms with Gasteiger partial charge in [-0.05, 0) is 0 Å². The predicted molar refractivity (Wildman–Crippen MR) is 36.1 cm³/mol. The second-order valence-corrected chi connectivity index (χ2v) is 3.43. The molecule has 0 unspecified atom stereocenters. The molecule has 1 aromatic heterocycles. The minimum absolute atomic E-state index is 0.220. The van der Waals surface area contributed by atoms with E-state index in [1.165, 1.54) is 0 Å². The van der Waals surface area contributed by atoms with Gasteiger partial charge in [-0.2, -0.15) is 13.2 Å². The summed E-state index contributed by atoms with van der Waals surface area (Å²) in [5.74, 6) is 0. The molecule has 11 heavy (non-hydrogen) atoms. The molecule has 0 aliphatic rings. The highest BCUT2D eigenvalue weighted by molar-refractivity contribution is 8.02. The van der Waals surface area contributed by atoms with Crippen LogP contribution in [0.25, 0.3) is 0 Å². The van der Waals surface area contributed by atoms with Crippen molar-refractivity contribution in [1.82, 2.24) is 10.2 Å². The molecule has 1 radical (unpaired) electrons. The molecule has 0 aliphatic heterocycles. The Kier molecular flexibility index (Phi) is 2.38. The average Bonchev–Trinajstić information content (AvgIpc) is 2.32. The van der Waals surface area contributed by atoms with Crippen LogP contribution in [0.2, 0.25) is 0 Å². The number of aromatic nitrogens is 2. The number of alkyl halides is 3. The van der Waals surface area contributed by atoms with E-state index in [2.05, 4.69) is 16.5 Å². The number of rotatable bonds is 1. The maximum Gasteiger partial charge on any atom is 0.445 e. The van der Waals surface area contributed by atoms with Crippen LogP contribution in [0.3, 0.4) is 0 Å². The van der Waals surface area contributed by atoms with Gasteiger partial charge >= 0.3 is 6.18 Å². The molecule has 0 aliphatic carbocycles. The van der Waals surface area contributed by atoms with Gasteiger partial charge in [0.25, 0.3) is 0 Å². The van der Waals surface area contributed by atoms with Crippen molar-refractivity contribution < 1.29 is 13.2 Å². The first-order valence-electron chi connectivity index (χ1n) is 2.37. The summed E-state index contributed by atoms with van der Waals surface area (Å²) in [5.41, 5.74) is 0. The number of nitrogens with zero attached hydrogens (tertiary/aromatic N) is 2. The van der Waals surface area contributed by atoms with Crippen molar-refractivity contribution >= 4 is 23.1 Å². The number of thioether (sulfide) groups is 1. The molecule has 0 spiro atoms. The first-order valence-corrected chi connectivity index (χ1v) is 4.17. The highest BCUT2D eigenvalue weighted by Gasteiger charge is 2.35. The Bertz CT molecular complexity index is 244. The summed E-state index contributed by atoms with van der Waals surface area (Å²) in [6.45, 7) is 0. The Labute approximate surface area is 68.8 Å². The predicted octanol–water partition coefficient (Wildman–Crippen LogP) is 2.44. The summed E-state index contributed by atoms with van der Waals surface area (Å²) >= 11 is 1.39. The number of hydrogen-bond acceptors (Lipinski definition) is 4. The van der Waals surface area contributed by atoms with Gasteiger partial charge in [0.15, 0.2) is 4.34 Å². The molecule has 0 aromatic carbocycles. The van der Waals surface area contributed by atoms with Gasteiger partial charge in [-0.1, -0.05) is 23.1 Å². The third-order valence-electron chi connectivity index (χ3n) is 0.772. The molecule has 0 saturated carbocycles. The molecule has 1 aromatic rings. The lowest BCUT2D eigenvalue weighted by atomic mass is 10.7. The van der Waals surface area contributed by atoms with E-state index in [-0.39, 0.29) is 4.34 Å². The number of halogens is 3. The van der Waals surface area contributed by atoms with Crippen LogP contribution in [0.15, 0.2) is 4.34 Å². The zero-order chi connectivity index (χ0) is 8.48. The first kappa shape index (κ1) is 8.79. The third kappa shape index (κ3) is 2.06. The van der Waals surface area contributed by atoms with Gasteiger partial charge < -0.3 is 0 Å². The fourth-order valence-electron chi connectivity index (χ4n) is 0.383. The van der Waals surface area contributed by atoms with E-state index in [4.69, 9.17) is 0 Å². The van der Waals surface area contributed by atoms with E-state index < -0.39 is 11.2 Å². The van der Waals surface area contributed by atoms with Crippen LogP contribution in [0.4, 0.5) is 13.2 Å². The van der Waals surface area contributed by atoms with E-state index in [9.17, 15) is 13.2 Å². The Morgan fingerprint density at radius 3 is 2.27 bits per heavy atom. The molecule has 7 heteroatoms. The van der Waals surface area contributed by atoms with Crippen molar-refractivity contribution in [1.29, 1.82) is 0 Å². The summed E-state index contributed by atoms with van der Waals surface area (Å²) < 4.78 is 35.7. The quantitative estimate of drug-likeness (QED) is 0.649. The van der Waals surface area contributed by atoms with Crippen molar-refractivity contribution in [3.05, 3.63) is 11.3 Å². The standard InChI is InChI=1S/C4H2F3N2S2/c1-10-3-9-8-2(11-3)4(5,6)7/h1H2. The molecule has 1 heterocycles. The molecular weight excluding hydrogens is 197 g/mol. The summed E-state index contributed by atoms with van der Waals surface area (Å²) in [6.07, 6.45) is -1.07. The summed E-state index contributed by atoms with van der Waals surface area (Å²) in [4.78, 5) is 0. The van der Waals surface area contributed by atoms with Gasteiger partial charge in [-0.15, -0.1) is 10.2 Å². The van der Waals surface area contributed by atoms with Crippen LogP contribution < -0.4 is 0 Å². The molecule has 1 rings (SSSR count). The van der Waals surface area contributed by atoms with E-state index in [1.54, 1.807) is 0 Å². The lowest BCUT2D eigenvalue weighted by Crippen LogP contribution is -2.03. The second-order valence-electron chi connectivity index (χ2n) is 1.52. The normalized spacial score (nSPS) is 12.0. The minimum atomic E-state index is -4.38. The Morgan fingerprint density at radius 2 is 2.00 bits per heavy atom. The average molecular weight is 199 g/mol. The first-order chi connectivity index (χ1) is 5.04. The van der Waals surface area contributed by atoms with Crippen molar-refractivity contribution in [2.75, 3.05) is 0 Å². The van der Waals surface area contributed by atoms with Crippen LogP contribution in [0.1, 0.15) is 5.01 Å². The van der Waals surface area contributed by atoms with E-state index >= 15 is 0 Å². The van der Waals surface area contributed by atoms with Crippen LogP contribution >= 0.6 is 23.1 Å². The maximum atomic E-state index is 11.8. The monoisotopic (exact) mass is 199 g/mol. The zero-order valence-electron chi connectivity index (χ0n) is 5.05. The van der Waals surface area contributed by atoms with Crippen molar-refractivity contribution in [3.63, 3.8) is 0 Å². The Hall–Kier alpha value is -0.300. The van der Waals surface area contributed by atoms with Crippen molar-refractivity contribution in [3.8, 4) is 0 Å². The van der Waals surface area contributed by atoms with Crippen molar-refractivity contribution in [2.24, 2.45) is 0 Å². The fraction of sp³-hybridized carbons (Fsp3) is 0.250. The SMILES string of the molecule is [CH2]Sc1nnc(C(F)(F)F)s1. The van der Waals surface area contributed by atoms with Gasteiger partial charge in [0.2, 0.25) is 5.01 Å². The smallest absolute Gasteiger partial charge is 0.164 e. The Morgan fingerprint density at radius 1 is 1.36 bits per heavy atom. The largest absolute Gasteiger partial charge is 0.445 e. The van der Waals surface area contributed by atoms with Crippen LogP contribution in [-0.2, 0) is 6.18 Å². The van der Waals surface area contributed by atoms with Gasteiger partial charge in [0.1, 0.15) is 0 Å². The van der Waals surface area contributed by atoms with Gasteiger partial charge in [-0.25, -0.2) is 0 Å². The molecule has 61 valence electrons. The van der Waals surface area contributed by atoms with Crippen molar-refractivity contribution in [2.45, 2.75) is 10.5 Å². The molecule has 0 fully saturated rings. The van der Waals surface area contributed by atoms with E-state index in [1.807, 2.05) is 0 Å². The molecular formula is C4H2F3N2S2. The summed E-state index contributed by atoms with van der Waals surface area (Å²) in [6, 6.07) is 0. The molecule has 0 amide bonds.